The summed E-state index contributed by atoms with van der Waals surface area (Å²) >= 11 is 0. The first-order valence-electron chi connectivity index (χ1n) is 10.9. The molecule has 0 saturated carbocycles. The van der Waals surface area contributed by atoms with Gasteiger partial charge in [-0.15, -0.1) is 0 Å². The number of imidazole rings is 1. The van der Waals surface area contributed by atoms with Crippen LogP contribution in [0.1, 0.15) is 44.9 Å². The lowest BCUT2D eigenvalue weighted by molar-refractivity contribution is -0.122. The number of nitrogens with one attached hydrogen (secondary N) is 2. The van der Waals surface area contributed by atoms with Crippen molar-refractivity contribution in [1.82, 2.24) is 34.5 Å². The van der Waals surface area contributed by atoms with Crippen LogP contribution >= 0.6 is 0 Å². The van der Waals surface area contributed by atoms with Gasteiger partial charge in [0, 0.05) is 56.5 Å². The van der Waals surface area contributed by atoms with E-state index in [9.17, 15) is 9.59 Å². The number of aromatic amines is 2. The number of fused-ring (bicyclic) bond motifs is 1. The fraction of sp³-hybridized carbons (Fsp3) is 0.409. The van der Waals surface area contributed by atoms with Gasteiger partial charge in [-0.25, -0.2) is 4.98 Å². The molecule has 5 rings (SSSR count). The number of nitrogens with zero attached hydrogens (tertiary/aromatic N) is 5. The van der Waals surface area contributed by atoms with Crippen LogP contribution in [-0.2, 0) is 24.3 Å². The largest absolute Gasteiger partial charge is 0.483 e. The molecule has 2 aliphatic heterocycles. The van der Waals surface area contributed by atoms with E-state index in [4.69, 9.17) is 9.90 Å². The number of hydrogen-bond acceptors (Lipinski definition) is 5. The number of carbonyl (C=O) groups excluding carboxylic acids is 2. The summed E-state index contributed by atoms with van der Waals surface area (Å²) in [4.78, 5) is 44.9. The lowest BCUT2D eigenvalue weighted by Crippen LogP contribution is -2.42. The average Bonchev–Trinajstić information content (AvgIpc) is 3.60. The van der Waals surface area contributed by atoms with E-state index in [2.05, 4.69) is 24.7 Å². The van der Waals surface area contributed by atoms with Crippen LogP contribution in [0, 0.1) is 5.92 Å². The third kappa shape index (κ3) is 4.97. The Morgan fingerprint density at radius 2 is 2.09 bits per heavy atom. The molecule has 0 spiro atoms. The van der Waals surface area contributed by atoms with E-state index in [0.29, 0.717) is 36.7 Å². The van der Waals surface area contributed by atoms with Gasteiger partial charge in [0.1, 0.15) is 0 Å². The van der Waals surface area contributed by atoms with Crippen molar-refractivity contribution in [2.45, 2.75) is 32.4 Å². The maximum absolute atomic E-state index is 13.2. The number of aromatic nitrogens is 5. The van der Waals surface area contributed by atoms with Crippen molar-refractivity contribution in [1.29, 1.82) is 0 Å². The SMILES string of the molecule is O=C(c1cc[nH]c1)N1CCc2c(C(=O)N3CCCC(Cn4ccnc4)C3)n[nH]c2C1.O=CO. The van der Waals surface area contributed by atoms with Crippen LogP contribution in [0.15, 0.2) is 37.2 Å². The average molecular weight is 454 g/mol. The van der Waals surface area contributed by atoms with Crippen LogP contribution in [0.4, 0.5) is 0 Å². The number of rotatable bonds is 4. The Hall–Kier alpha value is -3.89. The summed E-state index contributed by atoms with van der Waals surface area (Å²) in [5.74, 6) is 0.400. The van der Waals surface area contributed by atoms with Gasteiger partial charge >= 0.3 is 0 Å². The second kappa shape index (κ2) is 10.2. The van der Waals surface area contributed by atoms with Crippen molar-refractivity contribution in [3.8, 4) is 0 Å². The second-order valence-electron chi connectivity index (χ2n) is 8.23. The van der Waals surface area contributed by atoms with E-state index in [1.807, 2.05) is 17.4 Å². The third-order valence-electron chi connectivity index (χ3n) is 6.10. The van der Waals surface area contributed by atoms with E-state index < -0.39 is 0 Å². The minimum Gasteiger partial charge on any atom is -0.483 e. The molecule has 174 valence electrons. The smallest absolute Gasteiger partial charge is 0.290 e. The molecule has 0 aromatic carbocycles. The number of likely N-dealkylation sites (tertiary alicyclic amines) is 1. The van der Waals surface area contributed by atoms with Gasteiger partial charge in [0.25, 0.3) is 18.3 Å². The van der Waals surface area contributed by atoms with Crippen molar-refractivity contribution in [2.75, 3.05) is 19.6 Å². The molecular weight excluding hydrogens is 426 g/mol. The first-order valence-corrected chi connectivity index (χ1v) is 10.9. The minimum absolute atomic E-state index is 0.00626. The van der Waals surface area contributed by atoms with Crippen LogP contribution in [-0.4, -0.2) is 77.6 Å². The zero-order chi connectivity index (χ0) is 23.2. The highest BCUT2D eigenvalue weighted by molar-refractivity contribution is 5.95. The summed E-state index contributed by atoms with van der Waals surface area (Å²) in [7, 11) is 0. The van der Waals surface area contributed by atoms with Crippen LogP contribution in [0.2, 0.25) is 0 Å². The highest BCUT2D eigenvalue weighted by Gasteiger charge is 2.32. The van der Waals surface area contributed by atoms with Crippen molar-refractivity contribution >= 4 is 18.3 Å². The van der Waals surface area contributed by atoms with Crippen molar-refractivity contribution in [3.63, 3.8) is 0 Å². The zero-order valence-electron chi connectivity index (χ0n) is 18.2. The van der Waals surface area contributed by atoms with E-state index in [-0.39, 0.29) is 18.3 Å². The molecule has 0 aliphatic carbocycles. The number of piperidine rings is 1. The first kappa shape index (κ1) is 22.3. The molecule has 5 heterocycles. The van der Waals surface area contributed by atoms with Crippen LogP contribution in [0.5, 0.6) is 0 Å². The van der Waals surface area contributed by atoms with E-state index in [0.717, 1.165) is 43.7 Å². The van der Waals surface area contributed by atoms with Crippen molar-refractivity contribution in [3.05, 3.63) is 59.7 Å². The quantitative estimate of drug-likeness (QED) is 0.510. The third-order valence-corrected chi connectivity index (χ3v) is 6.10. The monoisotopic (exact) mass is 453 g/mol. The molecule has 1 saturated heterocycles. The molecule has 2 amide bonds. The first-order chi connectivity index (χ1) is 16.1. The molecule has 3 N–H and O–H groups in total. The Kier molecular flexibility index (Phi) is 6.86. The molecule has 2 aliphatic rings. The number of carbonyl (C=O) groups is 3. The van der Waals surface area contributed by atoms with Gasteiger partial charge in [-0.3, -0.25) is 19.5 Å². The summed E-state index contributed by atoms with van der Waals surface area (Å²) < 4.78 is 2.07. The molecular formula is C22H27N7O4. The van der Waals surface area contributed by atoms with Crippen molar-refractivity contribution in [2.24, 2.45) is 5.92 Å². The van der Waals surface area contributed by atoms with Gasteiger partial charge in [-0.2, -0.15) is 5.10 Å². The molecule has 3 aromatic rings. The Bertz CT molecular complexity index is 1070. The summed E-state index contributed by atoms with van der Waals surface area (Å²) in [6.07, 6.45) is 11.8. The topological polar surface area (TPSA) is 140 Å². The molecule has 33 heavy (non-hydrogen) atoms. The van der Waals surface area contributed by atoms with Gasteiger partial charge in [-0.05, 0) is 31.2 Å². The minimum atomic E-state index is -0.250. The molecule has 11 nitrogen and oxygen atoms in total. The lowest BCUT2D eigenvalue weighted by atomic mass is 9.96. The van der Waals surface area contributed by atoms with Crippen molar-refractivity contribution < 1.29 is 19.5 Å². The number of hydrogen-bond donors (Lipinski definition) is 3. The Morgan fingerprint density at radius 3 is 2.82 bits per heavy atom. The molecule has 11 heteroatoms. The number of H-pyrrole nitrogens is 2. The summed E-state index contributed by atoms with van der Waals surface area (Å²) in [6.45, 7) is 3.15. The maximum atomic E-state index is 13.2. The summed E-state index contributed by atoms with van der Waals surface area (Å²) in [5.41, 5.74) is 2.98. The second-order valence-corrected chi connectivity index (χ2v) is 8.23. The Balaban J connectivity index is 0.000000821. The van der Waals surface area contributed by atoms with Crippen LogP contribution < -0.4 is 0 Å². The maximum Gasteiger partial charge on any atom is 0.290 e. The number of amides is 2. The standard InChI is InChI=1S/C21H25N7O2.CH2O2/c29-20(16-3-5-22-10-16)28-8-4-17-18(13-28)24-25-19(17)21(30)27-7-1-2-15(12-27)11-26-9-6-23-14-26;2-1-3/h3,5-6,9-10,14-15,22H,1-2,4,7-8,11-13H2,(H,24,25);1H,(H,2,3). The predicted octanol–water partition coefficient (Wildman–Crippen LogP) is 1.39. The lowest BCUT2D eigenvalue weighted by Gasteiger charge is -2.33. The molecule has 0 radical (unpaired) electrons. The molecule has 1 atom stereocenters. The summed E-state index contributed by atoms with van der Waals surface area (Å²) in [5, 5.41) is 14.3. The van der Waals surface area contributed by atoms with Crippen LogP contribution in [0.25, 0.3) is 0 Å². The van der Waals surface area contributed by atoms with Gasteiger partial charge in [-0.1, -0.05) is 0 Å². The van der Waals surface area contributed by atoms with E-state index >= 15 is 0 Å². The van der Waals surface area contributed by atoms with Gasteiger partial charge in [0.05, 0.1) is 24.1 Å². The highest BCUT2D eigenvalue weighted by Crippen LogP contribution is 2.25. The molecule has 3 aromatic heterocycles. The summed E-state index contributed by atoms with van der Waals surface area (Å²) in [6, 6.07) is 1.77. The van der Waals surface area contributed by atoms with E-state index in [1.165, 1.54) is 0 Å². The molecule has 1 fully saturated rings. The Labute approximate surface area is 190 Å². The molecule has 0 bridgehead atoms. The fourth-order valence-corrected chi connectivity index (χ4v) is 4.55. The van der Waals surface area contributed by atoms with Gasteiger partial charge in [0.2, 0.25) is 0 Å². The van der Waals surface area contributed by atoms with Gasteiger partial charge in [0.15, 0.2) is 5.69 Å². The fourth-order valence-electron chi connectivity index (χ4n) is 4.55. The predicted molar refractivity (Wildman–Crippen MR) is 117 cm³/mol. The number of carboxylic acid groups (broad SMARTS) is 1. The van der Waals surface area contributed by atoms with E-state index in [1.54, 1.807) is 29.6 Å². The Morgan fingerprint density at radius 1 is 1.24 bits per heavy atom. The zero-order valence-corrected chi connectivity index (χ0v) is 18.2. The van der Waals surface area contributed by atoms with Crippen LogP contribution in [0.3, 0.4) is 0 Å². The highest BCUT2D eigenvalue weighted by atomic mass is 16.3. The normalized spacial score (nSPS) is 17.6. The molecule has 1 unspecified atom stereocenters. The van der Waals surface area contributed by atoms with Gasteiger partial charge < -0.3 is 24.5 Å².